The normalized spacial score (nSPS) is 10.0. The molecule has 0 spiro atoms. The van der Waals surface area contributed by atoms with E-state index in [1.165, 1.54) is 18.2 Å². The van der Waals surface area contributed by atoms with E-state index >= 15 is 0 Å². The molecule has 0 aliphatic rings. The summed E-state index contributed by atoms with van der Waals surface area (Å²) < 4.78 is 0. The molecule has 1 heterocycles. The van der Waals surface area contributed by atoms with Crippen molar-refractivity contribution >= 4 is 17.5 Å². The second kappa shape index (κ2) is 4.45. The number of rotatable bonds is 3. The summed E-state index contributed by atoms with van der Waals surface area (Å²) in [6.07, 6.45) is 0. The molecule has 1 aromatic carbocycles. The predicted molar refractivity (Wildman–Crippen MR) is 56.1 cm³/mol. The Kier molecular flexibility index (Phi) is 2.83. The summed E-state index contributed by atoms with van der Waals surface area (Å²) in [6.45, 7) is 0. The van der Waals surface area contributed by atoms with Crippen molar-refractivity contribution in [3.8, 4) is 0 Å². The molecule has 0 unspecified atom stereocenters. The maximum atomic E-state index is 11.7. The van der Waals surface area contributed by atoms with E-state index < -0.39 is 10.8 Å². The van der Waals surface area contributed by atoms with Crippen molar-refractivity contribution in [2.24, 2.45) is 0 Å². The molecule has 2 N–H and O–H groups in total. The average Bonchev–Trinajstić information content (AvgIpc) is 2.75. The highest BCUT2D eigenvalue weighted by Crippen LogP contribution is 2.13. The van der Waals surface area contributed by atoms with E-state index in [0.717, 1.165) is 6.07 Å². The molecule has 0 bridgehead atoms. The van der Waals surface area contributed by atoms with Crippen LogP contribution in [0.15, 0.2) is 24.3 Å². The first kappa shape index (κ1) is 11.4. The van der Waals surface area contributed by atoms with Crippen molar-refractivity contribution in [1.82, 2.24) is 20.4 Å². The number of nitro groups is 1. The van der Waals surface area contributed by atoms with Gasteiger partial charge in [0.15, 0.2) is 0 Å². The molecule has 10 nitrogen and oxygen atoms in total. The number of aromatic nitrogens is 4. The number of benzene rings is 1. The molecule has 0 fully saturated rings. The summed E-state index contributed by atoms with van der Waals surface area (Å²) in [7, 11) is 0. The molecule has 0 atom stereocenters. The fraction of sp³-hybridized carbons (Fsp3) is 0. The molecule has 0 radical (unpaired) electrons. The molecular formula is C8H6N6O4. The van der Waals surface area contributed by atoms with Crippen molar-refractivity contribution in [3.63, 3.8) is 0 Å². The van der Waals surface area contributed by atoms with Crippen molar-refractivity contribution in [1.29, 1.82) is 0 Å². The zero-order valence-corrected chi connectivity index (χ0v) is 8.72. The Labute approximate surface area is 98.9 Å². The van der Waals surface area contributed by atoms with Crippen LogP contribution < -0.4 is 5.32 Å². The zero-order valence-electron chi connectivity index (χ0n) is 8.72. The lowest BCUT2D eigenvalue weighted by molar-refractivity contribution is -0.384. The molecule has 0 aliphatic heterocycles. The molecule has 1 aromatic heterocycles. The van der Waals surface area contributed by atoms with Gasteiger partial charge in [-0.2, -0.15) is 0 Å². The number of anilines is 1. The highest BCUT2D eigenvalue weighted by molar-refractivity contribution is 6.03. The Morgan fingerprint density at radius 1 is 1.50 bits per heavy atom. The number of carbonyl (C=O) groups excluding carboxylic acids is 1. The number of nitro benzene ring substituents is 1. The quantitative estimate of drug-likeness (QED) is 0.446. The van der Waals surface area contributed by atoms with Crippen LogP contribution in [0.1, 0.15) is 10.4 Å². The number of amides is 1. The number of nitrogens with one attached hydrogen (secondary N) is 1. The van der Waals surface area contributed by atoms with Gasteiger partial charge >= 0.3 is 0 Å². The van der Waals surface area contributed by atoms with Crippen LogP contribution in [0.25, 0.3) is 0 Å². The largest absolute Gasteiger partial charge is 0.395 e. The number of hydrogen-bond acceptors (Lipinski definition) is 7. The van der Waals surface area contributed by atoms with Crippen LogP contribution in [-0.4, -0.2) is 36.4 Å². The Morgan fingerprint density at radius 3 is 2.89 bits per heavy atom. The van der Waals surface area contributed by atoms with Gasteiger partial charge in [0.05, 0.1) is 4.92 Å². The second-order valence-corrected chi connectivity index (χ2v) is 3.14. The van der Waals surface area contributed by atoms with Gasteiger partial charge < -0.3 is 5.21 Å². The van der Waals surface area contributed by atoms with E-state index in [2.05, 4.69) is 20.7 Å². The summed E-state index contributed by atoms with van der Waals surface area (Å²) in [5.41, 5.74) is -0.139. The number of hydrogen-bond donors (Lipinski definition) is 2. The molecule has 2 rings (SSSR count). The summed E-state index contributed by atoms with van der Waals surface area (Å²) in [5.74, 6) is -0.860. The first-order chi connectivity index (χ1) is 8.56. The monoisotopic (exact) mass is 250 g/mol. The van der Waals surface area contributed by atoms with Crippen molar-refractivity contribution in [2.45, 2.75) is 0 Å². The Bertz CT molecular complexity index is 609. The number of non-ortho nitro benzene ring substituents is 1. The third kappa shape index (κ3) is 2.37. The van der Waals surface area contributed by atoms with Gasteiger partial charge in [0, 0.05) is 22.7 Å². The van der Waals surface area contributed by atoms with Gasteiger partial charge in [0.1, 0.15) is 0 Å². The molecular weight excluding hydrogens is 244 g/mol. The molecule has 18 heavy (non-hydrogen) atoms. The SMILES string of the molecule is O=C(Nc1nnn(O)n1)c1cccc([N+](=O)[O-])c1. The first-order valence-electron chi connectivity index (χ1n) is 4.61. The van der Waals surface area contributed by atoms with Gasteiger partial charge in [-0.3, -0.25) is 20.2 Å². The molecule has 10 heteroatoms. The molecule has 0 saturated carbocycles. The van der Waals surface area contributed by atoms with Crippen LogP contribution in [0.5, 0.6) is 0 Å². The predicted octanol–water partition coefficient (Wildman–Crippen LogP) is 0.0709. The van der Waals surface area contributed by atoms with Gasteiger partial charge in [-0.25, -0.2) is 0 Å². The van der Waals surface area contributed by atoms with Crippen LogP contribution in [0.3, 0.4) is 0 Å². The van der Waals surface area contributed by atoms with Crippen LogP contribution in [0.2, 0.25) is 0 Å². The van der Waals surface area contributed by atoms with Crippen molar-refractivity contribution in [3.05, 3.63) is 39.9 Å². The molecule has 2 aromatic rings. The molecule has 0 saturated heterocycles. The summed E-state index contributed by atoms with van der Waals surface area (Å²) >= 11 is 0. The maximum Gasteiger partial charge on any atom is 0.274 e. The molecule has 0 aliphatic carbocycles. The average molecular weight is 250 g/mol. The van der Waals surface area contributed by atoms with Crippen molar-refractivity contribution in [2.75, 3.05) is 5.32 Å². The van der Waals surface area contributed by atoms with E-state index in [4.69, 9.17) is 5.21 Å². The highest BCUT2D eigenvalue weighted by atomic mass is 16.6. The second-order valence-electron chi connectivity index (χ2n) is 3.14. The van der Waals surface area contributed by atoms with Crippen LogP contribution in [-0.2, 0) is 0 Å². The minimum Gasteiger partial charge on any atom is -0.395 e. The minimum atomic E-state index is -0.647. The lowest BCUT2D eigenvalue weighted by atomic mass is 10.2. The van der Waals surface area contributed by atoms with E-state index in [1.54, 1.807) is 0 Å². The number of carbonyl (C=O) groups is 1. The maximum absolute atomic E-state index is 11.7. The third-order valence-electron chi connectivity index (χ3n) is 1.95. The lowest BCUT2D eigenvalue weighted by Crippen LogP contribution is -2.13. The Morgan fingerprint density at radius 2 is 2.28 bits per heavy atom. The standard InChI is InChI=1S/C8H6N6O4/c15-7(9-8-10-12-14(18)11-8)5-2-1-3-6(4-5)13(16)17/h1-4,18H,(H,9,11,15). The van der Waals surface area contributed by atoms with Crippen LogP contribution >= 0.6 is 0 Å². The van der Waals surface area contributed by atoms with Gasteiger partial charge in [0.2, 0.25) is 0 Å². The van der Waals surface area contributed by atoms with Gasteiger partial charge in [-0.05, 0) is 11.3 Å². The minimum absolute atomic E-state index is 0.0680. The van der Waals surface area contributed by atoms with Gasteiger partial charge in [-0.15, -0.1) is 0 Å². The zero-order chi connectivity index (χ0) is 13.1. The fourth-order valence-corrected chi connectivity index (χ4v) is 1.19. The smallest absolute Gasteiger partial charge is 0.274 e. The number of tetrazole rings is 1. The van der Waals surface area contributed by atoms with E-state index in [0.29, 0.717) is 0 Å². The van der Waals surface area contributed by atoms with Crippen LogP contribution in [0.4, 0.5) is 11.6 Å². The Balaban J connectivity index is 2.18. The topological polar surface area (TPSA) is 136 Å². The van der Waals surface area contributed by atoms with Gasteiger partial charge in [-0.1, -0.05) is 16.3 Å². The third-order valence-corrected chi connectivity index (χ3v) is 1.95. The fourth-order valence-electron chi connectivity index (χ4n) is 1.19. The first-order valence-corrected chi connectivity index (χ1v) is 4.61. The molecule has 92 valence electrons. The van der Waals surface area contributed by atoms with Crippen molar-refractivity contribution < 1.29 is 14.9 Å². The van der Waals surface area contributed by atoms with Gasteiger partial charge in [0.25, 0.3) is 17.5 Å². The summed E-state index contributed by atoms with van der Waals surface area (Å²) in [4.78, 5) is 21.8. The lowest BCUT2D eigenvalue weighted by Gasteiger charge is -1.99. The van der Waals surface area contributed by atoms with E-state index in [-0.39, 0.29) is 22.2 Å². The highest BCUT2D eigenvalue weighted by Gasteiger charge is 2.13. The molecule has 1 amide bonds. The summed E-state index contributed by atoms with van der Waals surface area (Å²) in [6, 6.07) is 5.15. The van der Waals surface area contributed by atoms with E-state index in [9.17, 15) is 14.9 Å². The van der Waals surface area contributed by atoms with E-state index in [1.807, 2.05) is 0 Å². The number of nitrogens with zero attached hydrogens (tertiary/aromatic N) is 5. The van der Waals surface area contributed by atoms with Crippen LogP contribution in [0, 0.1) is 10.1 Å². The Hall–Kier alpha value is -3.04. The summed E-state index contributed by atoms with van der Waals surface area (Å²) in [5, 5.41) is 31.2.